The third-order valence-corrected chi connectivity index (χ3v) is 4.39. The van der Waals surface area contributed by atoms with Gasteiger partial charge in [-0.05, 0) is 36.3 Å². The van der Waals surface area contributed by atoms with E-state index >= 15 is 0 Å². The van der Waals surface area contributed by atoms with Crippen molar-refractivity contribution in [3.63, 3.8) is 0 Å². The van der Waals surface area contributed by atoms with Crippen LogP contribution in [-0.2, 0) is 9.53 Å². The summed E-state index contributed by atoms with van der Waals surface area (Å²) in [6.45, 7) is 1.91. The summed E-state index contributed by atoms with van der Waals surface area (Å²) in [6.07, 6.45) is 1.57. The fourth-order valence-corrected chi connectivity index (χ4v) is 2.96. The zero-order valence-corrected chi connectivity index (χ0v) is 16.8. The lowest BCUT2D eigenvalue weighted by Gasteiger charge is -2.13. The molecule has 0 radical (unpaired) electrons. The molecule has 3 aromatic rings. The molecule has 3 aromatic carbocycles. The van der Waals surface area contributed by atoms with Crippen molar-refractivity contribution in [2.24, 2.45) is 0 Å². The van der Waals surface area contributed by atoms with Crippen molar-refractivity contribution in [1.29, 1.82) is 0 Å². The molecule has 7 heteroatoms. The SMILES string of the molecule is CCOC(=O)c1ccccc1NC(=O)C(=Cc1cccc([N+](=O)[O-])c1)c1ccccc1. The largest absolute Gasteiger partial charge is 0.462 e. The molecular weight excluding hydrogens is 396 g/mol. The predicted octanol–water partition coefficient (Wildman–Crippen LogP) is 4.95. The molecule has 0 saturated heterocycles. The van der Waals surface area contributed by atoms with Crippen LogP contribution in [0.5, 0.6) is 0 Å². The van der Waals surface area contributed by atoms with Crippen LogP contribution in [0.2, 0.25) is 0 Å². The number of amides is 1. The summed E-state index contributed by atoms with van der Waals surface area (Å²) in [5.41, 5.74) is 1.89. The minimum absolute atomic E-state index is 0.0748. The Morgan fingerprint density at radius 2 is 1.71 bits per heavy atom. The van der Waals surface area contributed by atoms with Crippen molar-refractivity contribution in [2.45, 2.75) is 6.92 Å². The molecule has 1 amide bonds. The van der Waals surface area contributed by atoms with Crippen molar-refractivity contribution in [2.75, 3.05) is 11.9 Å². The lowest BCUT2D eigenvalue weighted by atomic mass is 10.0. The molecule has 0 atom stereocenters. The van der Waals surface area contributed by atoms with E-state index in [2.05, 4.69) is 5.32 Å². The highest BCUT2D eigenvalue weighted by Crippen LogP contribution is 2.24. The number of nitrogens with one attached hydrogen (secondary N) is 1. The molecule has 0 aliphatic rings. The Bertz CT molecular complexity index is 1140. The van der Waals surface area contributed by atoms with Gasteiger partial charge in [-0.1, -0.05) is 54.6 Å². The van der Waals surface area contributed by atoms with Gasteiger partial charge in [0.15, 0.2) is 0 Å². The van der Waals surface area contributed by atoms with Crippen LogP contribution >= 0.6 is 0 Å². The zero-order chi connectivity index (χ0) is 22.2. The van der Waals surface area contributed by atoms with E-state index in [0.717, 1.165) is 0 Å². The molecule has 0 fully saturated rings. The maximum atomic E-state index is 13.2. The molecule has 0 unspecified atom stereocenters. The van der Waals surface area contributed by atoms with E-state index in [1.807, 2.05) is 6.07 Å². The first-order chi connectivity index (χ1) is 15.0. The van der Waals surface area contributed by atoms with Crippen molar-refractivity contribution in [3.05, 3.63) is 106 Å². The number of rotatable bonds is 7. The molecule has 156 valence electrons. The fourth-order valence-electron chi connectivity index (χ4n) is 2.96. The Morgan fingerprint density at radius 3 is 2.42 bits per heavy atom. The summed E-state index contributed by atoms with van der Waals surface area (Å²) in [5.74, 6) is -1.00. The molecule has 1 N–H and O–H groups in total. The molecule has 3 rings (SSSR count). The monoisotopic (exact) mass is 416 g/mol. The van der Waals surface area contributed by atoms with E-state index < -0.39 is 16.8 Å². The van der Waals surface area contributed by atoms with Gasteiger partial charge in [0.2, 0.25) is 0 Å². The molecule has 0 aromatic heterocycles. The molecule has 0 bridgehead atoms. The minimum atomic E-state index is -0.540. The topological polar surface area (TPSA) is 98.5 Å². The molecule has 7 nitrogen and oxygen atoms in total. The van der Waals surface area contributed by atoms with Crippen molar-refractivity contribution < 1.29 is 19.2 Å². The molecule has 0 saturated carbocycles. The summed E-state index contributed by atoms with van der Waals surface area (Å²) in [5, 5.41) is 13.9. The first-order valence-corrected chi connectivity index (χ1v) is 9.58. The Morgan fingerprint density at radius 1 is 1.00 bits per heavy atom. The molecule has 0 aliphatic heterocycles. The molecule has 31 heavy (non-hydrogen) atoms. The Hall–Kier alpha value is -4.26. The van der Waals surface area contributed by atoms with E-state index in [1.54, 1.807) is 73.7 Å². The normalized spacial score (nSPS) is 10.9. The summed E-state index contributed by atoms with van der Waals surface area (Å²) < 4.78 is 5.06. The maximum Gasteiger partial charge on any atom is 0.340 e. The number of benzene rings is 3. The van der Waals surface area contributed by atoms with Crippen molar-refractivity contribution in [3.8, 4) is 0 Å². The molecule has 0 spiro atoms. The number of para-hydroxylation sites is 1. The minimum Gasteiger partial charge on any atom is -0.462 e. The summed E-state index contributed by atoms with van der Waals surface area (Å²) in [6, 6.07) is 21.5. The maximum absolute atomic E-state index is 13.2. The second-order valence-electron chi connectivity index (χ2n) is 6.50. The number of nitrogens with zero attached hydrogens (tertiary/aromatic N) is 1. The van der Waals surface area contributed by atoms with Gasteiger partial charge in [-0.3, -0.25) is 14.9 Å². The summed E-state index contributed by atoms with van der Waals surface area (Å²) >= 11 is 0. The number of carbonyl (C=O) groups is 2. The van der Waals surface area contributed by atoms with Crippen LogP contribution < -0.4 is 5.32 Å². The molecule has 0 heterocycles. The third-order valence-electron chi connectivity index (χ3n) is 4.39. The zero-order valence-electron chi connectivity index (χ0n) is 16.8. The molecular formula is C24H20N2O5. The van der Waals surface area contributed by atoms with Gasteiger partial charge >= 0.3 is 5.97 Å². The number of hydrogen-bond donors (Lipinski definition) is 1. The van der Waals surface area contributed by atoms with Crippen molar-refractivity contribution in [1.82, 2.24) is 0 Å². The van der Waals surface area contributed by atoms with Gasteiger partial charge in [-0.15, -0.1) is 0 Å². The number of esters is 1. The Balaban J connectivity index is 2.00. The van der Waals surface area contributed by atoms with Crippen LogP contribution in [0.1, 0.15) is 28.4 Å². The first-order valence-electron chi connectivity index (χ1n) is 9.58. The van der Waals surface area contributed by atoms with Gasteiger partial charge in [0.25, 0.3) is 11.6 Å². The highest BCUT2D eigenvalue weighted by molar-refractivity contribution is 6.29. The first kappa shape index (κ1) is 21.4. The Kier molecular flexibility index (Phi) is 6.90. The van der Waals surface area contributed by atoms with Gasteiger partial charge in [-0.2, -0.15) is 0 Å². The smallest absolute Gasteiger partial charge is 0.340 e. The van der Waals surface area contributed by atoms with Crippen LogP contribution in [0.4, 0.5) is 11.4 Å². The second-order valence-corrected chi connectivity index (χ2v) is 6.50. The van der Waals surface area contributed by atoms with E-state index in [-0.39, 0.29) is 17.9 Å². The van der Waals surface area contributed by atoms with Gasteiger partial charge in [0.1, 0.15) is 0 Å². The van der Waals surface area contributed by atoms with Crippen molar-refractivity contribution >= 4 is 34.9 Å². The van der Waals surface area contributed by atoms with Crippen LogP contribution in [0, 0.1) is 10.1 Å². The van der Waals surface area contributed by atoms with Gasteiger partial charge < -0.3 is 10.1 Å². The van der Waals surface area contributed by atoms with Crippen LogP contribution in [0.3, 0.4) is 0 Å². The standard InChI is InChI=1S/C24H20N2O5/c1-2-31-24(28)20-13-6-7-14-22(20)25-23(27)21(18-10-4-3-5-11-18)16-17-9-8-12-19(15-17)26(29)30/h3-16H,2H2,1H3,(H,25,27). The summed E-state index contributed by atoms with van der Waals surface area (Å²) in [7, 11) is 0. The third kappa shape index (κ3) is 5.42. The summed E-state index contributed by atoms with van der Waals surface area (Å²) in [4.78, 5) is 36.0. The highest BCUT2D eigenvalue weighted by Gasteiger charge is 2.18. The number of anilines is 1. The number of nitro groups is 1. The van der Waals surface area contributed by atoms with Crippen LogP contribution in [0.15, 0.2) is 78.9 Å². The number of nitro benzene ring substituents is 1. The van der Waals surface area contributed by atoms with E-state index in [4.69, 9.17) is 4.74 Å². The average molecular weight is 416 g/mol. The van der Waals surface area contributed by atoms with Crippen LogP contribution in [-0.4, -0.2) is 23.4 Å². The van der Waals surface area contributed by atoms with Gasteiger partial charge in [0, 0.05) is 17.7 Å². The number of non-ortho nitro benzene ring substituents is 1. The van der Waals surface area contributed by atoms with Gasteiger partial charge in [0.05, 0.1) is 22.8 Å². The number of hydrogen-bond acceptors (Lipinski definition) is 5. The van der Waals surface area contributed by atoms with E-state index in [0.29, 0.717) is 22.4 Å². The lowest BCUT2D eigenvalue weighted by molar-refractivity contribution is -0.384. The number of ether oxygens (including phenoxy) is 1. The Labute approximate surface area is 179 Å². The fraction of sp³-hybridized carbons (Fsp3) is 0.0833. The van der Waals surface area contributed by atoms with Gasteiger partial charge in [-0.25, -0.2) is 4.79 Å². The second kappa shape index (κ2) is 9.98. The number of carbonyl (C=O) groups excluding carboxylic acids is 2. The quantitative estimate of drug-likeness (QED) is 0.193. The van der Waals surface area contributed by atoms with E-state index in [1.165, 1.54) is 12.1 Å². The average Bonchev–Trinajstić information content (AvgIpc) is 2.78. The predicted molar refractivity (Wildman–Crippen MR) is 118 cm³/mol. The van der Waals surface area contributed by atoms with E-state index in [9.17, 15) is 19.7 Å². The molecule has 0 aliphatic carbocycles. The highest BCUT2D eigenvalue weighted by atomic mass is 16.6. The van der Waals surface area contributed by atoms with Crippen LogP contribution in [0.25, 0.3) is 11.6 Å². The lowest BCUT2D eigenvalue weighted by Crippen LogP contribution is -2.17.